The summed E-state index contributed by atoms with van der Waals surface area (Å²) in [6.45, 7) is 5.77. The second kappa shape index (κ2) is 4.49. The van der Waals surface area contributed by atoms with Gasteiger partial charge in [0, 0.05) is 12.5 Å². The fourth-order valence-corrected chi connectivity index (χ4v) is 2.20. The van der Waals surface area contributed by atoms with Crippen LogP contribution in [0.5, 0.6) is 0 Å². The van der Waals surface area contributed by atoms with E-state index in [9.17, 15) is 0 Å². The predicted molar refractivity (Wildman–Crippen MR) is 58.2 cm³/mol. The number of hydrogen-bond acceptors (Lipinski definition) is 3. The van der Waals surface area contributed by atoms with Gasteiger partial charge < -0.3 is 4.74 Å². The van der Waals surface area contributed by atoms with Crippen LogP contribution in [-0.2, 0) is 4.74 Å². The fourth-order valence-electron chi connectivity index (χ4n) is 1.94. The summed E-state index contributed by atoms with van der Waals surface area (Å²) in [4.78, 5) is 0. The average Bonchev–Trinajstić information content (AvgIpc) is 2.61. The van der Waals surface area contributed by atoms with Gasteiger partial charge in [-0.15, -0.1) is 10.2 Å². The van der Waals surface area contributed by atoms with Crippen LogP contribution in [0.4, 0.5) is 0 Å². The highest BCUT2D eigenvalue weighted by Gasteiger charge is 2.23. The number of aromatic nitrogens is 3. The lowest BCUT2D eigenvalue weighted by molar-refractivity contribution is 0.0579. The number of ether oxygens (including phenoxy) is 1. The molecule has 15 heavy (non-hydrogen) atoms. The van der Waals surface area contributed by atoms with E-state index < -0.39 is 0 Å². The third kappa shape index (κ3) is 2.16. The summed E-state index contributed by atoms with van der Waals surface area (Å²) >= 11 is 6.06. The Bertz CT molecular complexity index is 331. The highest BCUT2D eigenvalue weighted by Crippen LogP contribution is 2.27. The number of rotatable bonds is 2. The molecule has 1 aliphatic heterocycles. The number of hydrogen-bond donors (Lipinski definition) is 0. The molecule has 84 valence electrons. The maximum Gasteiger partial charge on any atom is 0.225 e. The van der Waals surface area contributed by atoms with Crippen LogP contribution < -0.4 is 0 Å². The lowest BCUT2D eigenvalue weighted by atomic mass is 10.1. The molecule has 5 heteroatoms. The molecule has 1 saturated heterocycles. The van der Waals surface area contributed by atoms with Crippen molar-refractivity contribution >= 4 is 11.6 Å². The van der Waals surface area contributed by atoms with Crippen molar-refractivity contribution < 1.29 is 4.74 Å². The molecule has 4 nitrogen and oxygen atoms in total. The summed E-state index contributed by atoms with van der Waals surface area (Å²) in [5.74, 6) is 1.29. The van der Waals surface area contributed by atoms with Crippen molar-refractivity contribution in [2.75, 3.05) is 13.2 Å². The molecule has 0 radical (unpaired) electrons. The Morgan fingerprint density at radius 1 is 1.47 bits per heavy atom. The van der Waals surface area contributed by atoms with Crippen molar-refractivity contribution in [3.63, 3.8) is 0 Å². The molecule has 2 rings (SSSR count). The Labute approximate surface area is 94.6 Å². The Hall–Kier alpha value is -0.610. The normalized spacial score (nSPS) is 22.3. The van der Waals surface area contributed by atoms with E-state index in [4.69, 9.17) is 16.3 Å². The van der Waals surface area contributed by atoms with Gasteiger partial charge in [0.25, 0.3) is 0 Å². The minimum atomic E-state index is 0.304. The van der Waals surface area contributed by atoms with Gasteiger partial charge in [0.1, 0.15) is 5.82 Å². The van der Waals surface area contributed by atoms with Crippen LogP contribution in [0.3, 0.4) is 0 Å². The molecule has 0 bridgehead atoms. The van der Waals surface area contributed by atoms with E-state index in [2.05, 4.69) is 24.0 Å². The van der Waals surface area contributed by atoms with E-state index in [1.165, 1.54) is 0 Å². The quantitative estimate of drug-likeness (QED) is 0.782. The summed E-state index contributed by atoms with van der Waals surface area (Å²) in [5.41, 5.74) is 0. The molecule has 1 unspecified atom stereocenters. The monoisotopic (exact) mass is 229 g/mol. The molecule has 1 atom stereocenters. The molecule has 1 aliphatic rings. The van der Waals surface area contributed by atoms with Crippen molar-refractivity contribution in [2.24, 2.45) is 0 Å². The average molecular weight is 230 g/mol. The van der Waals surface area contributed by atoms with E-state index in [-0.39, 0.29) is 0 Å². The zero-order valence-electron chi connectivity index (χ0n) is 9.11. The Morgan fingerprint density at radius 2 is 2.27 bits per heavy atom. The molecule has 0 aromatic carbocycles. The molecule has 2 heterocycles. The first-order valence-electron chi connectivity index (χ1n) is 5.38. The van der Waals surface area contributed by atoms with Gasteiger partial charge in [0.2, 0.25) is 5.28 Å². The minimum Gasteiger partial charge on any atom is -0.379 e. The minimum absolute atomic E-state index is 0.304. The van der Waals surface area contributed by atoms with Gasteiger partial charge in [-0.1, -0.05) is 13.8 Å². The molecule has 1 fully saturated rings. The second-order valence-electron chi connectivity index (χ2n) is 4.22. The SMILES string of the molecule is CC(C)c1nnc(Cl)n1C1CCCOC1. The van der Waals surface area contributed by atoms with Crippen LogP contribution in [0.25, 0.3) is 0 Å². The molecule has 0 saturated carbocycles. The fraction of sp³-hybridized carbons (Fsp3) is 0.800. The van der Waals surface area contributed by atoms with Gasteiger partial charge in [-0.2, -0.15) is 0 Å². The zero-order chi connectivity index (χ0) is 10.8. The maximum atomic E-state index is 6.06. The highest BCUT2D eigenvalue weighted by atomic mass is 35.5. The first-order chi connectivity index (χ1) is 7.20. The Balaban J connectivity index is 2.28. The third-order valence-corrected chi connectivity index (χ3v) is 2.96. The van der Waals surface area contributed by atoms with E-state index in [1.807, 2.05) is 4.57 Å². The molecule has 0 amide bonds. The number of halogens is 1. The van der Waals surface area contributed by atoms with Crippen LogP contribution >= 0.6 is 11.6 Å². The van der Waals surface area contributed by atoms with Gasteiger partial charge in [0.15, 0.2) is 0 Å². The first-order valence-corrected chi connectivity index (χ1v) is 5.76. The highest BCUT2D eigenvalue weighted by molar-refractivity contribution is 6.28. The predicted octanol–water partition coefficient (Wildman–Crippen LogP) is 2.41. The number of nitrogens with zero attached hydrogens (tertiary/aromatic N) is 3. The standard InChI is InChI=1S/C10H16ClN3O/c1-7(2)9-12-13-10(11)14(9)8-4-3-5-15-6-8/h7-8H,3-6H2,1-2H3. The van der Waals surface area contributed by atoms with Gasteiger partial charge in [-0.25, -0.2) is 0 Å². The summed E-state index contributed by atoms with van der Waals surface area (Å²) in [5, 5.41) is 8.53. The van der Waals surface area contributed by atoms with Crippen molar-refractivity contribution in [2.45, 2.75) is 38.6 Å². The Kier molecular flexibility index (Phi) is 3.26. The van der Waals surface area contributed by atoms with E-state index in [1.54, 1.807) is 0 Å². The van der Waals surface area contributed by atoms with Crippen LogP contribution in [0.15, 0.2) is 0 Å². The topological polar surface area (TPSA) is 39.9 Å². The van der Waals surface area contributed by atoms with Gasteiger partial charge >= 0.3 is 0 Å². The first kappa shape index (κ1) is 10.9. The van der Waals surface area contributed by atoms with Crippen LogP contribution in [0, 0.1) is 0 Å². The zero-order valence-corrected chi connectivity index (χ0v) is 9.87. The second-order valence-corrected chi connectivity index (χ2v) is 4.56. The van der Waals surface area contributed by atoms with Gasteiger partial charge in [-0.3, -0.25) is 4.57 Å². The molecule has 0 aliphatic carbocycles. The lowest BCUT2D eigenvalue weighted by Gasteiger charge is -2.25. The molecule has 0 N–H and O–H groups in total. The molecular formula is C10H16ClN3O. The van der Waals surface area contributed by atoms with Crippen molar-refractivity contribution in [3.8, 4) is 0 Å². The summed E-state index contributed by atoms with van der Waals surface area (Å²) < 4.78 is 7.48. The smallest absolute Gasteiger partial charge is 0.225 e. The summed E-state index contributed by atoms with van der Waals surface area (Å²) in [6.07, 6.45) is 2.17. The van der Waals surface area contributed by atoms with E-state index in [0.717, 1.165) is 31.9 Å². The van der Waals surface area contributed by atoms with Crippen LogP contribution in [0.1, 0.15) is 44.5 Å². The summed E-state index contributed by atoms with van der Waals surface area (Å²) in [6, 6.07) is 0.304. The van der Waals surface area contributed by atoms with E-state index >= 15 is 0 Å². The largest absolute Gasteiger partial charge is 0.379 e. The maximum absolute atomic E-state index is 6.06. The third-order valence-electron chi connectivity index (χ3n) is 2.70. The van der Waals surface area contributed by atoms with Crippen molar-refractivity contribution in [1.82, 2.24) is 14.8 Å². The van der Waals surface area contributed by atoms with Crippen molar-refractivity contribution in [1.29, 1.82) is 0 Å². The van der Waals surface area contributed by atoms with Crippen LogP contribution in [0.2, 0.25) is 5.28 Å². The molecule has 1 aromatic rings. The summed E-state index contributed by atoms with van der Waals surface area (Å²) in [7, 11) is 0. The van der Waals surface area contributed by atoms with Crippen LogP contribution in [-0.4, -0.2) is 28.0 Å². The lowest BCUT2D eigenvalue weighted by Crippen LogP contribution is -2.23. The van der Waals surface area contributed by atoms with E-state index in [0.29, 0.717) is 17.2 Å². The van der Waals surface area contributed by atoms with Gasteiger partial charge in [-0.05, 0) is 24.4 Å². The van der Waals surface area contributed by atoms with Crippen molar-refractivity contribution in [3.05, 3.63) is 11.1 Å². The Morgan fingerprint density at radius 3 is 2.87 bits per heavy atom. The molecular weight excluding hydrogens is 214 g/mol. The van der Waals surface area contributed by atoms with Gasteiger partial charge in [0.05, 0.1) is 12.6 Å². The molecule has 1 aromatic heterocycles. The molecule has 0 spiro atoms.